The van der Waals surface area contributed by atoms with E-state index in [0.717, 1.165) is 4.88 Å². The molecule has 2 rings (SSSR count). The van der Waals surface area contributed by atoms with Crippen molar-refractivity contribution in [3.63, 3.8) is 0 Å². The van der Waals surface area contributed by atoms with Crippen LogP contribution in [0.25, 0.3) is 0 Å². The Morgan fingerprint density at radius 3 is 2.68 bits per heavy atom. The Bertz CT molecular complexity index is 756. The van der Waals surface area contributed by atoms with Crippen LogP contribution in [0.3, 0.4) is 0 Å². The molecule has 0 spiro atoms. The molecule has 0 aliphatic carbocycles. The third kappa shape index (κ3) is 5.60. The Morgan fingerprint density at radius 1 is 1.28 bits per heavy atom. The smallest absolute Gasteiger partial charge is 0.272 e. The number of nitrogens with one attached hydrogen (secondary N) is 1. The molecule has 0 saturated carbocycles. The summed E-state index contributed by atoms with van der Waals surface area (Å²) in [5.41, 5.74) is 10.7. The summed E-state index contributed by atoms with van der Waals surface area (Å²) >= 11 is 1.28. The van der Waals surface area contributed by atoms with E-state index >= 15 is 0 Å². The van der Waals surface area contributed by atoms with E-state index in [9.17, 15) is 9.59 Å². The first-order valence-electron chi connectivity index (χ1n) is 7.56. The van der Waals surface area contributed by atoms with Crippen molar-refractivity contribution in [2.24, 2.45) is 16.5 Å². The standard InChI is InChI=1S/C15H19N7O2S/c1-9-7-21-14(25-9)12(23)10(3-2-4-20-15(16)17)22-13(24)11-8-18-5-6-19-11/h5-8,10H,2-4H2,1H3,(H,22,24)(H4,16,17,20). The second-order valence-electron chi connectivity index (χ2n) is 5.21. The van der Waals surface area contributed by atoms with Gasteiger partial charge in [-0.1, -0.05) is 0 Å². The SMILES string of the molecule is Cc1cnc(C(=O)C(CCCN=C(N)N)NC(=O)c2cnccn2)s1. The summed E-state index contributed by atoms with van der Waals surface area (Å²) in [4.78, 5) is 41.6. The summed E-state index contributed by atoms with van der Waals surface area (Å²) in [6.45, 7) is 2.23. The van der Waals surface area contributed by atoms with Gasteiger partial charge in [0.25, 0.3) is 5.91 Å². The molecule has 0 aliphatic heterocycles. The summed E-state index contributed by atoms with van der Waals surface area (Å²) in [5.74, 6) is -0.733. The number of Topliss-reactive ketones (excluding diaryl/α,β-unsaturated/α-hetero) is 1. The van der Waals surface area contributed by atoms with Crippen LogP contribution in [0.5, 0.6) is 0 Å². The number of thiazole rings is 1. The minimum absolute atomic E-state index is 0.0120. The van der Waals surface area contributed by atoms with Gasteiger partial charge in [-0.05, 0) is 19.8 Å². The van der Waals surface area contributed by atoms with Gasteiger partial charge in [0.2, 0.25) is 5.78 Å². The molecule has 5 N–H and O–H groups in total. The second kappa shape index (κ2) is 8.83. The van der Waals surface area contributed by atoms with Crippen LogP contribution in [0.15, 0.2) is 29.8 Å². The lowest BCUT2D eigenvalue weighted by molar-refractivity contribution is 0.0848. The number of aromatic nitrogens is 3. The number of aliphatic imine (C=N–C) groups is 1. The van der Waals surface area contributed by atoms with E-state index in [1.165, 1.54) is 29.9 Å². The fourth-order valence-electron chi connectivity index (χ4n) is 2.04. The van der Waals surface area contributed by atoms with Crippen LogP contribution in [-0.4, -0.2) is 45.2 Å². The van der Waals surface area contributed by atoms with Crippen LogP contribution >= 0.6 is 11.3 Å². The van der Waals surface area contributed by atoms with Crippen molar-refractivity contribution in [2.75, 3.05) is 6.54 Å². The molecule has 0 radical (unpaired) electrons. The zero-order chi connectivity index (χ0) is 18.2. The van der Waals surface area contributed by atoms with Crippen molar-refractivity contribution in [3.05, 3.63) is 40.4 Å². The topological polar surface area (TPSA) is 149 Å². The van der Waals surface area contributed by atoms with E-state index < -0.39 is 11.9 Å². The van der Waals surface area contributed by atoms with E-state index in [1.54, 1.807) is 6.20 Å². The van der Waals surface area contributed by atoms with Crippen molar-refractivity contribution in [1.82, 2.24) is 20.3 Å². The van der Waals surface area contributed by atoms with Crippen molar-refractivity contribution >= 4 is 29.0 Å². The van der Waals surface area contributed by atoms with Crippen molar-refractivity contribution in [3.8, 4) is 0 Å². The third-order valence-electron chi connectivity index (χ3n) is 3.19. The van der Waals surface area contributed by atoms with Gasteiger partial charge in [0.1, 0.15) is 5.69 Å². The fourth-order valence-corrected chi connectivity index (χ4v) is 2.80. The third-order valence-corrected chi connectivity index (χ3v) is 4.12. The maximum absolute atomic E-state index is 12.7. The van der Waals surface area contributed by atoms with E-state index in [0.29, 0.717) is 24.4 Å². The van der Waals surface area contributed by atoms with Gasteiger partial charge in [-0.3, -0.25) is 19.6 Å². The number of nitrogens with two attached hydrogens (primary N) is 2. The minimum atomic E-state index is -0.741. The monoisotopic (exact) mass is 361 g/mol. The van der Waals surface area contributed by atoms with Crippen molar-refractivity contribution < 1.29 is 9.59 Å². The molecule has 0 bridgehead atoms. The predicted octanol–water partition coefficient (Wildman–Crippen LogP) is 0.276. The highest BCUT2D eigenvalue weighted by molar-refractivity contribution is 7.13. The number of guanidine groups is 1. The van der Waals surface area contributed by atoms with Crippen molar-refractivity contribution in [2.45, 2.75) is 25.8 Å². The summed E-state index contributed by atoms with van der Waals surface area (Å²) in [6, 6.07) is -0.741. The number of ketones is 1. The first kappa shape index (κ1) is 18.5. The molecule has 2 aromatic heterocycles. The molecule has 132 valence electrons. The normalized spacial score (nSPS) is 11.6. The molecule has 1 unspecified atom stereocenters. The first-order chi connectivity index (χ1) is 12.0. The molecule has 1 atom stereocenters. The number of amides is 1. The van der Waals surface area contributed by atoms with E-state index in [2.05, 4.69) is 25.3 Å². The van der Waals surface area contributed by atoms with Crippen molar-refractivity contribution in [1.29, 1.82) is 0 Å². The minimum Gasteiger partial charge on any atom is -0.370 e. The highest BCUT2D eigenvalue weighted by Gasteiger charge is 2.25. The summed E-state index contributed by atoms with van der Waals surface area (Å²) in [5, 5.41) is 3.04. The largest absolute Gasteiger partial charge is 0.370 e. The molecular weight excluding hydrogens is 342 g/mol. The highest BCUT2D eigenvalue weighted by Crippen LogP contribution is 2.15. The molecular formula is C15H19N7O2S. The molecule has 0 aromatic carbocycles. The molecule has 2 heterocycles. The van der Waals surface area contributed by atoms with Crippen LogP contribution in [0.2, 0.25) is 0 Å². The Labute approximate surface area is 148 Å². The predicted molar refractivity (Wildman–Crippen MR) is 94.4 cm³/mol. The van der Waals surface area contributed by atoms with Crippen LogP contribution in [-0.2, 0) is 0 Å². The molecule has 0 aliphatic rings. The molecule has 9 nitrogen and oxygen atoms in total. The lowest BCUT2D eigenvalue weighted by atomic mass is 10.1. The molecule has 1 amide bonds. The van der Waals surface area contributed by atoms with Gasteiger partial charge in [0.15, 0.2) is 11.0 Å². The fraction of sp³-hybridized carbons (Fsp3) is 0.333. The maximum atomic E-state index is 12.7. The number of nitrogens with zero attached hydrogens (tertiary/aromatic N) is 4. The maximum Gasteiger partial charge on any atom is 0.272 e. The van der Waals surface area contributed by atoms with Crippen LogP contribution in [0.1, 0.15) is 38.0 Å². The Morgan fingerprint density at radius 2 is 2.08 bits per heavy atom. The number of rotatable bonds is 8. The van der Waals surface area contributed by atoms with Gasteiger partial charge >= 0.3 is 0 Å². The lowest BCUT2D eigenvalue weighted by Crippen LogP contribution is -2.41. The Hall–Kier alpha value is -2.88. The molecule has 10 heteroatoms. The van der Waals surface area contributed by atoms with E-state index in [4.69, 9.17) is 11.5 Å². The molecule has 2 aromatic rings. The summed E-state index contributed by atoms with van der Waals surface area (Å²) in [6.07, 6.45) is 6.74. The van der Waals surface area contributed by atoms with Gasteiger partial charge in [-0.15, -0.1) is 11.3 Å². The summed E-state index contributed by atoms with van der Waals surface area (Å²) < 4.78 is 0. The van der Waals surface area contributed by atoms with Crippen LogP contribution in [0, 0.1) is 6.92 Å². The average Bonchev–Trinajstić information content (AvgIpc) is 3.03. The summed E-state index contributed by atoms with van der Waals surface area (Å²) in [7, 11) is 0. The van der Waals surface area contributed by atoms with Gasteiger partial charge in [0, 0.05) is 30.0 Å². The quantitative estimate of drug-likeness (QED) is 0.264. The van der Waals surface area contributed by atoms with Gasteiger partial charge in [0.05, 0.1) is 12.2 Å². The lowest BCUT2D eigenvalue weighted by Gasteiger charge is -2.16. The number of aryl methyl sites for hydroxylation is 1. The van der Waals surface area contributed by atoms with Crippen LogP contribution in [0.4, 0.5) is 0 Å². The average molecular weight is 361 g/mol. The highest BCUT2D eigenvalue weighted by atomic mass is 32.1. The number of carbonyl (C=O) groups excluding carboxylic acids is 2. The van der Waals surface area contributed by atoms with Gasteiger partial charge in [-0.2, -0.15) is 0 Å². The number of carbonyl (C=O) groups is 2. The number of hydrogen-bond donors (Lipinski definition) is 3. The number of hydrogen-bond acceptors (Lipinski definition) is 7. The van der Waals surface area contributed by atoms with Gasteiger partial charge in [-0.25, -0.2) is 9.97 Å². The second-order valence-corrected chi connectivity index (χ2v) is 6.44. The van der Waals surface area contributed by atoms with Gasteiger partial charge < -0.3 is 16.8 Å². The zero-order valence-electron chi connectivity index (χ0n) is 13.7. The van der Waals surface area contributed by atoms with E-state index in [1.807, 2.05) is 6.92 Å². The molecule has 25 heavy (non-hydrogen) atoms. The molecule has 0 fully saturated rings. The van der Waals surface area contributed by atoms with E-state index in [-0.39, 0.29) is 17.4 Å². The van der Waals surface area contributed by atoms with Crippen LogP contribution < -0.4 is 16.8 Å². The zero-order valence-corrected chi connectivity index (χ0v) is 14.5. The first-order valence-corrected chi connectivity index (χ1v) is 8.38. The Balaban J connectivity index is 2.09. The molecule has 0 saturated heterocycles. The Kier molecular flexibility index (Phi) is 6.52.